The van der Waals surface area contributed by atoms with E-state index in [0.717, 1.165) is 18.3 Å². The Bertz CT molecular complexity index is 397. The number of benzene rings is 1. The average molecular weight is 245 g/mol. The van der Waals surface area contributed by atoms with Gasteiger partial charge >= 0.3 is 0 Å². The lowest BCUT2D eigenvalue weighted by molar-refractivity contribution is 0.280. The standard InChI is InChI=1S/C17H27N/c1-5-15-8-9-16(11-14(15)4)18-17-10-12(2)6-7-13(17)3/h8-9,11-13,17-18H,5-7,10H2,1-4H3. The molecule has 0 spiro atoms. The fourth-order valence-corrected chi connectivity index (χ4v) is 3.13. The molecule has 0 saturated heterocycles. The molecule has 0 radical (unpaired) electrons. The van der Waals surface area contributed by atoms with E-state index < -0.39 is 0 Å². The third-order valence-corrected chi connectivity index (χ3v) is 4.53. The van der Waals surface area contributed by atoms with Crippen LogP contribution in [0, 0.1) is 18.8 Å². The van der Waals surface area contributed by atoms with Gasteiger partial charge in [0.25, 0.3) is 0 Å². The van der Waals surface area contributed by atoms with E-state index in [1.54, 1.807) is 0 Å². The molecule has 0 aliphatic heterocycles. The van der Waals surface area contributed by atoms with Crippen molar-refractivity contribution in [2.75, 3.05) is 5.32 Å². The molecule has 0 amide bonds. The second-order valence-electron chi connectivity index (χ2n) is 6.14. The molecule has 1 N–H and O–H groups in total. The number of aryl methyl sites for hydroxylation is 2. The zero-order valence-electron chi connectivity index (χ0n) is 12.3. The molecule has 1 saturated carbocycles. The molecule has 1 nitrogen and oxygen atoms in total. The molecule has 18 heavy (non-hydrogen) atoms. The van der Waals surface area contributed by atoms with Crippen molar-refractivity contribution in [2.45, 2.75) is 59.4 Å². The second-order valence-corrected chi connectivity index (χ2v) is 6.14. The van der Waals surface area contributed by atoms with Gasteiger partial charge in [-0.05, 0) is 61.3 Å². The summed E-state index contributed by atoms with van der Waals surface area (Å²) in [7, 11) is 0. The van der Waals surface area contributed by atoms with Gasteiger partial charge in [0.15, 0.2) is 0 Å². The second kappa shape index (κ2) is 5.77. The van der Waals surface area contributed by atoms with E-state index in [9.17, 15) is 0 Å². The van der Waals surface area contributed by atoms with Crippen molar-refractivity contribution in [3.8, 4) is 0 Å². The van der Waals surface area contributed by atoms with E-state index in [-0.39, 0.29) is 0 Å². The maximum atomic E-state index is 3.75. The molecule has 0 heterocycles. The van der Waals surface area contributed by atoms with Gasteiger partial charge in [0.05, 0.1) is 0 Å². The monoisotopic (exact) mass is 245 g/mol. The minimum atomic E-state index is 0.653. The van der Waals surface area contributed by atoms with Gasteiger partial charge in [-0.25, -0.2) is 0 Å². The molecule has 1 heteroatoms. The van der Waals surface area contributed by atoms with Gasteiger partial charge in [0, 0.05) is 11.7 Å². The molecule has 0 bridgehead atoms. The highest BCUT2D eigenvalue weighted by Crippen LogP contribution is 2.31. The van der Waals surface area contributed by atoms with Crippen LogP contribution in [-0.4, -0.2) is 6.04 Å². The third kappa shape index (κ3) is 3.07. The molecule has 100 valence electrons. The van der Waals surface area contributed by atoms with Crippen LogP contribution in [0.4, 0.5) is 5.69 Å². The van der Waals surface area contributed by atoms with Crippen LogP contribution in [0.15, 0.2) is 18.2 Å². The van der Waals surface area contributed by atoms with E-state index in [2.05, 4.69) is 51.2 Å². The number of anilines is 1. The van der Waals surface area contributed by atoms with Gasteiger partial charge < -0.3 is 5.32 Å². The van der Waals surface area contributed by atoms with Crippen molar-refractivity contribution >= 4 is 5.69 Å². The summed E-state index contributed by atoms with van der Waals surface area (Å²) in [6.45, 7) is 9.21. The highest BCUT2D eigenvalue weighted by atomic mass is 14.9. The summed E-state index contributed by atoms with van der Waals surface area (Å²) in [5.74, 6) is 1.67. The smallest absolute Gasteiger partial charge is 0.0345 e. The topological polar surface area (TPSA) is 12.0 Å². The Labute approximate surface area is 112 Å². The van der Waals surface area contributed by atoms with Crippen LogP contribution in [0.1, 0.15) is 51.2 Å². The van der Waals surface area contributed by atoms with Crippen molar-refractivity contribution in [3.05, 3.63) is 29.3 Å². The van der Waals surface area contributed by atoms with Crippen molar-refractivity contribution in [1.82, 2.24) is 0 Å². The largest absolute Gasteiger partial charge is 0.382 e. The molecule has 3 atom stereocenters. The number of nitrogens with one attached hydrogen (secondary N) is 1. The maximum Gasteiger partial charge on any atom is 0.0345 e. The zero-order valence-corrected chi connectivity index (χ0v) is 12.3. The van der Waals surface area contributed by atoms with Gasteiger partial charge in [0.2, 0.25) is 0 Å². The summed E-state index contributed by atoms with van der Waals surface area (Å²) < 4.78 is 0. The van der Waals surface area contributed by atoms with E-state index >= 15 is 0 Å². The first-order valence-electron chi connectivity index (χ1n) is 7.46. The molecule has 1 aliphatic rings. The fraction of sp³-hybridized carbons (Fsp3) is 0.647. The number of hydrogen-bond donors (Lipinski definition) is 1. The van der Waals surface area contributed by atoms with Gasteiger partial charge in [-0.2, -0.15) is 0 Å². The normalized spacial score (nSPS) is 28.1. The van der Waals surface area contributed by atoms with Crippen LogP contribution in [0.5, 0.6) is 0 Å². The van der Waals surface area contributed by atoms with Gasteiger partial charge in [-0.1, -0.05) is 33.3 Å². The molecule has 1 aliphatic carbocycles. The predicted octanol–water partition coefficient (Wildman–Crippen LogP) is 4.79. The van der Waals surface area contributed by atoms with E-state index in [0.29, 0.717) is 6.04 Å². The number of hydrogen-bond acceptors (Lipinski definition) is 1. The van der Waals surface area contributed by atoms with Crippen LogP contribution in [-0.2, 0) is 6.42 Å². The molecular formula is C17H27N. The first-order valence-corrected chi connectivity index (χ1v) is 7.46. The summed E-state index contributed by atoms with van der Waals surface area (Å²) in [5.41, 5.74) is 4.18. The van der Waals surface area contributed by atoms with Crippen molar-refractivity contribution in [3.63, 3.8) is 0 Å². The molecule has 0 aromatic heterocycles. The molecule has 1 aromatic carbocycles. The summed E-state index contributed by atoms with van der Waals surface area (Å²) in [5, 5.41) is 3.75. The maximum absolute atomic E-state index is 3.75. The minimum absolute atomic E-state index is 0.653. The Morgan fingerprint density at radius 3 is 2.67 bits per heavy atom. The molecule has 1 aromatic rings. The first kappa shape index (κ1) is 13.5. The highest BCUT2D eigenvalue weighted by Gasteiger charge is 2.25. The van der Waals surface area contributed by atoms with Crippen molar-refractivity contribution in [2.24, 2.45) is 11.8 Å². The summed E-state index contributed by atoms with van der Waals surface area (Å²) in [6, 6.07) is 7.48. The Balaban J connectivity index is 2.06. The average Bonchev–Trinajstić information content (AvgIpc) is 2.34. The van der Waals surface area contributed by atoms with Crippen LogP contribution in [0.3, 0.4) is 0 Å². The van der Waals surface area contributed by atoms with Crippen LogP contribution in [0.2, 0.25) is 0 Å². The van der Waals surface area contributed by atoms with Crippen LogP contribution in [0.25, 0.3) is 0 Å². The summed E-state index contributed by atoms with van der Waals surface area (Å²) in [4.78, 5) is 0. The molecule has 2 rings (SSSR count). The predicted molar refractivity (Wildman–Crippen MR) is 80.1 cm³/mol. The SMILES string of the molecule is CCc1ccc(NC2CC(C)CCC2C)cc1C. The summed E-state index contributed by atoms with van der Waals surface area (Å²) >= 11 is 0. The van der Waals surface area contributed by atoms with E-state index in [1.165, 1.54) is 36.1 Å². The minimum Gasteiger partial charge on any atom is -0.382 e. The van der Waals surface area contributed by atoms with Crippen molar-refractivity contribution < 1.29 is 0 Å². The highest BCUT2D eigenvalue weighted by molar-refractivity contribution is 5.49. The Hall–Kier alpha value is -0.980. The lowest BCUT2D eigenvalue weighted by atomic mass is 9.80. The Morgan fingerprint density at radius 2 is 2.00 bits per heavy atom. The molecule has 3 unspecified atom stereocenters. The van der Waals surface area contributed by atoms with Crippen molar-refractivity contribution in [1.29, 1.82) is 0 Å². The van der Waals surface area contributed by atoms with Gasteiger partial charge in [-0.15, -0.1) is 0 Å². The Morgan fingerprint density at radius 1 is 1.22 bits per heavy atom. The molecular weight excluding hydrogens is 218 g/mol. The fourth-order valence-electron chi connectivity index (χ4n) is 3.13. The van der Waals surface area contributed by atoms with Crippen LogP contribution >= 0.6 is 0 Å². The van der Waals surface area contributed by atoms with Crippen LogP contribution < -0.4 is 5.32 Å². The quantitative estimate of drug-likeness (QED) is 0.807. The molecule has 1 fully saturated rings. The van der Waals surface area contributed by atoms with Gasteiger partial charge in [0.1, 0.15) is 0 Å². The Kier molecular flexibility index (Phi) is 4.31. The first-order chi connectivity index (χ1) is 8.60. The number of rotatable bonds is 3. The lowest BCUT2D eigenvalue weighted by Crippen LogP contribution is -2.33. The van der Waals surface area contributed by atoms with E-state index in [1.807, 2.05) is 0 Å². The third-order valence-electron chi connectivity index (χ3n) is 4.53. The summed E-state index contributed by atoms with van der Waals surface area (Å²) in [6.07, 6.45) is 5.21. The van der Waals surface area contributed by atoms with Gasteiger partial charge in [-0.3, -0.25) is 0 Å². The zero-order chi connectivity index (χ0) is 13.1. The lowest BCUT2D eigenvalue weighted by Gasteiger charge is -2.34. The van der Waals surface area contributed by atoms with E-state index in [4.69, 9.17) is 0 Å².